The van der Waals surface area contributed by atoms with Gasteiger partial charge in [-0.05, 0) is 36.2 Å². The molecule has 1 aromatic carbocycles. The molecule has 0 bridgehead atoms. The Hall–Kier alpha value is -2.44. The minimum Gasteiger partial charge on any atom is -0.497 e. The second-order valence-corrected chi connectivity index (χ2v) is 6.99. The molecular weight excluding hydrogens is 356 g/mol. The van der Waals surface area contributed by atoms with E-state index >= 15 is 0 Å². The molecule has 126 valence electrons. The summed E-state index contributed by atoms with van der Waals surface area (Å²) in [4.78, 5) is 5.37. The van der Waals surface area contributed by atoms with Crippen LogP contribution in [0.15, 0.2) is 36.5 Å². The molecule has 0 atom stereocenters. The number of hydrogen-bond donors (Lipinski definition) is 1. The molecule has 0 spiro atoms. The Bertz CT molecular complexity index is 1060. The van der Waals surface area contributed by atoms with Crippen molar-refractivity contribution in [1.29, 1.82) is 0 Å². The third-order valence-corrected chi connectivity index (χ3v) is 5.57. The van der Waals surface area contributed by atoms with Crippen molar-refractivity contribution in [3.8, 4) is 5.75 Å². The van der Waals surface area contributed by atoms with Gasteiger partial charge in [0.1, 0.15) is 16.4 Å². The van der Waals surface area contributed by atoms with Gasteiger partial charge in [0.05, 0.1) is 11.8 Å². The molecule has 0 aliphatic carbocycles. The molecular formula is C18H15ClN4OS. The number of ether oxygens (including phenoxy) is 1. The van der Waals surface area contributed by atoms with Crippen molar-refractivity contribution in [2.45, 2.75) is 13.5 Å². The lowest BCUT2D eigenvalue weighted by molar-refractivity contribution is 0.414. The first-order valence-corrected chi connectivity index (χ1v) is 8.93. The van der Waals surface area contributed by atoms with Gasteiger partial charge in [-0.25, -0.2) is 4.98 Å². The van der Waals surface area contributed by atoms with Gasteiger partial charge in [-0.2, -0.15) is 0 Å². The number of rotatable bonds is 4. The van der Waals surface area contributed by atoms with Gasteiger partial charge in [0.15, 0.2) is 5.15 Å². The van der Waals surface area contributed by atoms with Crippen LogP contribution in [0.5, 0.6) is 5.75 Å². The molecule has 7 heteroatoms. The van der Waals surface area contributed by atoms with E-state index in [1.165, 1.54) is 0 Å². The standard InChI is InChI=1S/C18H15ClN4OS/c1-10-14-13-7-8-20-17(15(13)25-18(14)23-22-16(10)19)21-9-11-3-5-12(24-2)6-4-11/h3-8H,9H2,1-2H3,(H,20,21). The summed E-state index contributed by atoms with van der Waals surface area (Å²) >= 11 is 7.72. The number of methoxy groups -OCH3 is 1. The minimum atomic E-state index is 0.441. The van der Waals surface area contributed by atoms with E-state index in [2.05, 4.69) is 20.5 Å². The van der Waals surface area contributed by atoms with Crippen molar-refractivity contribution in [1.82, 2.24) is 15.2 Å². The number of hydrogen-bond acceptors (Lipinski definition) is 6. The molecule has 4 rings (SSSR count). The number of aryl methyl sites for hydroxylation is 1. The number of nitrogens with one attached hydrogen (secondary N) is 1. The quantitative estimate of drug-likeness (QED) is 0.558. The molecule has 1 N–H and O–H groups in total. The van der Waals surface area contributed by atoms with Crippen LogP contribution >= 0.6 is 22.9 Å². The van der Waals surface area contributed by atoms with E-state index in [0.717, 1.165) is 43.0 Å². The average molecular weight is 371 g/mol. The maximum atomic E-state index is 6.14. The second-order valence-electron chi connectivity index (χ2n) is 5.64. The van der Waals surface area contributed by atoms with E-state index in [1.54, 1.807) is 24.6 Å². The van der Waals surface area contributed by atoms with Crippen molar-refractivity contribution >= 4 is 49.1 Å². The van der Waals surface area contributed by atoms with Crippen LogP contribution < -0.4 is 10.1 Å². The molecule has 0 radical (unpaired) electrons. The molecule has 0 fully saturated rings. The molecule has 5 nitrogen and oxygen atoms in total. The Morgan fingerprint density at radius 1 is 1.16 bits per heavy atom. The molecule has 0 amide bonds. The van der Waals surface area contributed by atoms with E-state index in [0.29, 0.717) is 11.7 Å². The van der Waals surface area contributed by atoms with Crippen molar-refractivity contribution in [3.63, 3.8) is 0 Å². The van der Waals surface area contributed by atoms with Crippen molar-refractivity contribution < 1.29 is 4.74 Å². The van der Waals surface area contributed by atoms with Crippen LogP contribution in [-0.2, 0) is 6.54 Å². The van der Waals surface area contributed by atoms with Crippen molar-refractivity contribution in [3.05, 3.63) is 52.8 Å². The summed E-state index contributed by atoms with van der Waals surface area (Å²) in [5, 5.41) is 14.2. The minimum absolute atomic E-state index is 0.441. The Balaban J connectivity index is 1.71. The summed E-state index contributed by atoms with van der Waals surface area (Å²) in [6, 6.07) is 9.97. The smallest absolute Gasteiger partial charge is 0.155 e. The topological polar surface area (TPSA) is 59.9 Å². The van der Waals surface area contributed by atoms with Gasteiger partial charge in [-0.15, -0.1) is 21.5 Å². The van der Waals surface area contributed by atoms with Crippen molar-refractivity contribution in [2.75, 3.05) is 12.4 Å². The number of pyridine rings is 1. The highest BCUT2D eigenvalue weighted by Crippen LogP contribution is 2.38. The number of benzene rings is 1. The Morgan fingerprint density at radius 3 is 2.72 bits per heavy atom. The zero-order valence-corrected chi connectivity index (χ0v) is 15.3. The molecule has 3 heterocycles. The van der Waals surface area contributed by atoms with Gasteiger partial charge in [0, 0.05) is 23.5 Å². The molecule has 4 aromatic rings. The van der Waals surface area contributed by atoms with Crippen LogP contribution in [0.25, 0.3) is 20.3 Å². The van der Waals surface area contributed by atoms with Gasteiger partial charge in [-0.1, -0.05) is 23.7 Å². The predicted octanol–water partition coefficient (Wildman–Crippen LogP) is 4.82. The SMILES string of the molecule is COc1ccc(CNc2nccc3c2sc2nnc(Cl)c(C)c23)cc1. The number of anilines is 1. The zero-order chi connectivity index (χ0) is 17.4. The van der Waals surface area contributed by atoms with Crippen LogP contribution in [0.2, 0.25) is 5.15 Å². The maximum absolute atomic E-state index is 6.14. The Labute approximate surface area is 153 Å². The van der Waals surface area contributed by atoms with Crippen LogP contribution in [0.4, 0.5) is 5.82 Å². The number of nitrogens with zero attached hydrogens (tertiary/aromatic N) is 3. The molecule has 0 unspecified atom stereocenters. The lowest BCUT2D eigenvalue weighted by Gasteiger charge is -2.07. The third-order valence-electron chi connectivity index (χ3n) is 4.12. The monoisotopic (exact) mass is 370 g/mol. The fraction of sp³-hybridized carbons (Fsp3) is 0.167. The number of fused-ring (bicyclic) bond motifs is 3. The summed E-state index contributed by atoms with van der Waals surface area (Å²) in [7, 11) is 1.66. The molecule has 0 saturated carbocycles. The van der Waals surface area contributed by atoms with E-state index in [-0.39, 0.29) is 0 Å². The average Bonchev–Trinajstić information content (AvgIpc) is 3.03. The first-order valence-electron chi connectivity index (χ1n) is 7.74. The number of aromatic nitrogens is 3. The molecule has 0 saturated heterocycles. The fourth-order valence-electron chi connectivity index (χ4n) is 2.77. The van der Waals surface area contributed by atoms with Crippen LogP contribution in [-0.4, -0.2) is 22.3 Å². The molecule has 25 heavy (non-hydrogen) atoms. The lowest BCUT2D eigenvalue weighted by Crippen LogP contribution is -2.01. The van der Waals surface area contributed by atoms with Gasteiger partial charge >= 0.3 is 0 Å². The van der Waals surface area contributed by atoms with Crippen LogP contribution in [0, 0.1) is 6.92 Å². The van der Waals surface area contributed by atoms with E-state index in [1.807, 2.05) is 37.3 Å². The van der Waals surface area contributed by atoms with E-state index in [4.69, 9.17) is 16.3 Å². The maximum Gasteiger partial charge on any atom is 0.155 e. The largest absolute Gasteiger partial charge is 0.497 e. The van der Waals surface area contributed by atoms with Gasteiger partial charge < -0.3 is 10.1 Å². The molecule has 0 aliphatic rings. The van der Waals surface area contributed by atoms with Gasteiger partial charge in [0.25, 0.3) is 0 Å². The van der Waals surface area contributed by atoms with Gasteiger partial charge in [-0.3, -0.25) is 0 Å². The number of halogens is 1. The molecule has 0 aliphatic heterocycles. The first kappa shape index (κ1) is 16.1. The Kier molecular flexibility index (Phi) is 4.15. The summed E-state index contributed by atoms with van der Waals surface area (Å²) < 4.78 is 6.25. The fourth-order valence-corrected chi connectivity index (χ4v) is 4.04. The zero-order valence-electron chi connectivity index (χ0n) is 13.7. The van der Waals surface area contributed by atoms with Crippen LogP contribution in [0.1, 0.15) is 11.1 Å². The highest BCUT2D eigenvalue weighted by molar-refractivity contribution is 7.26. The predicted molar refractivity (Wildman–Crippen MR) is 103 cm³/mol. The van der Waals surface area contributed by atoms with Gasteiger partial charge in [0.2, 0.25) is 0 Å². The van der Waals surface area contributed by atoms with Crippen LogP contribution in [0.3, 0.4) is 0 Å². The lowest BCUT2D eigenvalue weighted by atomic mass is 10.1. The molecule has 3 aromatic heterocycles. The highest BCUT2D eigenvalue weighted by Gasteiger charge is 2.15. The van der Waals surface area contributed by atoms with E-state index in [9.17, 15) is 0 Å². The Morgan fingerprint density at radius 2 is 1.96 bits per heavy atom. The summed E-state index contributed by atoms with van der Waals surface area (Å²) in [6.45, 7) is 2.65. The summed E-state index contributed by atoms with van der Waals surface area (Å²) in [6.07, 6.45) is 1.80. The summed E-state index contributed by atoms with van der Waals surface area (Å²) in [5.74, 6) is 1.69. The second kappa shape index (κ2) is 6.46. The van der Waals surface area contributed by atoms with E-state index < -0.39 is 0 Å². The van der Waals surface area contributed by atoms with Crippen molar-refractivity contribution in [2.24, 2.45) is 0 Å². The normalized spacial score (nSPS) is 11.2. The number of thiophene rings is 1. The first-order chi connectivity index (χ1) is 12.2. The third kappa shape index (κ3) is 2.88. The highest BCUT2D eigenvalue weighted by atomic mass is 35.5. The summed E-state index contributed by atoms with van der Waals surface area (Å²) in [5.41, 5.74) is 2.10.